The molecule has 1 atom stereocenters. The molecule has 9 nitrogen and oxygen atoms in total. The van der Waals surface area contributed by atoms with Gasteiger partial charge in [-0.15, -0.1) is 5.10 Å². The molecule has 9 heteroatoms. The molecule has 0 aliphatic heterocycles. The van der Waals surface area contributed by atoms with Gasteiger partial charge in [-0.2, -0.15) is 4.98 Å². The zero-order valence-electron chi connectivity index (χ0n) is 22.0. The van der Waals surface area contributed by atoms with Crippen molar-refractivity contribution >= 4 is 34.3 Å². The molecule has 0 spiro atoms. The van der Waals surface area contributed by atoms with Crippen LogP contribution in [-0.2, 0) is 11.8 Å². The minimum atomic E-state index is -0.174. The third kappa shape index (κ3) is 4.82. The Kier molecular flexibility index (Phi) is 6.59. The topological polar surface area (TPSA) is 103 Å². The molecular formula is C29H30N6O3. The predicted octanol–water partition coefficient (Wildman–Crippen LogP) is 4.98. The number of benzene rings is 2. The number of carbonyl (C=O) groups excluding carboxylic acids is 2. The highest BCUT2D eigenvalue weighted by atomic mass is 16.5. The Balaban J connectivity index is 1.43. The standard InChI is InChI=1S/C29H30N6O3/c1-17(2)27(36)32-29-31-26-15-21(12-13-35(26)33-29)20-8-11-25-23(14-20)24(16-34(25)4)28(37)30-18(3)19-6-9-22(38-5)10-7-19/h6-18H,1-5H3,(H,30,37)(H,32,33,36)/t18-/m1/s1. The molecule has 0 radical (unpaired) electrons. The summed E-state index contributed by atoms with van der Waals surface area (Å²) in [7, 11) is 3.56. The number of fused-ring (bicyclic) bond motifs is 2. The highest BCUT2D eigenvalue weighted by Gasteiger charge is 2.18. The summed E-state index contributed by atoms with van der Waals surface area (Å²) < 4.78 is 8.81. The predicted molar refractivity (Wildman–Crippen MR) is 147 cm³/mol. The fourth-order valence-electron chi connectivity index (χ4n) is 4.37. The van der Waals surface area contributed by atoms with E-state index in [9.17, 15) is 9.59 Å². The molecule has 5 rings (SSSR count). The summed E-state index contributed by atoms with van der Waals surface area (Å²) in [5.74, 6) is 0.594. The third-order valence-corrected chi connectivity index (χ3v) is 6.63. The van der Waals surface area contributed by atoms with Crippen molar-refractivity contribution in [1.29, 1.82) is 0 Å². The van der Waals surface area contributed by atoms with Gasteiger partial charge in [0.25, 0.3) is 5.91 Å². The lowest BCUT2D eigenvalue weighted by atomic mass is 10.0. The molecule has 0 bridgehead atoms. The van der Waals surface area contributed by atoms with Gasteiger partial charge in [-0.05, 0) is 60.0 Å². The van der Waals surface area contributed by atoms with Crippen molar-refractivity contribution in [2.45, 2.75) is 26.8 Å². The number of hydrogen-bond acceptors (Lipinski definition) is 5. The van der Waals surface area contributed by atoms with E-state index in [0.29, 0.717) is 11.2 Å². The maximum atomic E-state index is 13.3. The molecule has 3 heterocycles. The molecule has 3 aromatic heterocycles. The third-order valence-electron chi connectivity index (χ3n) is 6.63. The Labute approximate surface area is 220 Å². The van der Waals surface area contributed by atoms with Crippen molar-refractivity contribution in [2.24, 2.45) is 13.0 Å². The maximum absolute atomic E-state index is 13.3. The van der Waals surface area contributed by atoms with Crippen LogP contribution in [0.2, 0.25) is 0 Å². The zero-order chi connectivity index (χ0) is 27.0. The van der Waals surface area contributed by atoms with Gasteiger partial charge in [0.2, 0.25) is 11.9 Å². The lowest BCUT2D eigenvalue weighted by Gasteiger charge is -2.14. The van der Waals surface area contributed by atoms with Crippen LogP contribution < -0.4 is 15.4 Å². The van der Waals surface area contributed by atoms with Gasteiger partial charge >= 0.3 is 0 Å². The fraction of sp³-hybridized carbons (Fsp3) is 0.241. The van der Waals surface area contributed by atoms with Crippen molar-refractivity contribution < 1.29 is 14.3 Å². The lowest BCUT2D eigenvalue weighted by Crippen LogP contribution is -2.26. The maximum Gasteiger partial charge on any atom is 0.253 e. The number of methoxy groups -OCH3 is 1. The Bertz CT molecular complexity index is 1650. The van der Waals surface area contributed by atoms with Crippen LogP contribution in [0.4, 0.5) is 5.95 Å². The molecule has 194 valence electrons. The smallest absolute Gasteiger partial charge is 0.253 e. The number of nitrogens with one attached hydrogen (secondary N) is 2. The molecule has 0 saturated heterocycles. The van der Waals surface area contributed by atoms with Crippen LogP contribution in [0.15, 0.2) is 67.0 Å². The quantitative estimate of drug-likeness (QED) is 0.321. The normalized spacial score (nSPS) is 12.2. The molecule has 0 unspecified atom stereocenters. The number of pyridine rings is 1. The summed E-state index contributed by atoms with van der Waals surface area (Å²) in [6.07, 6.45) is 3.66. The number of aromatic nitrogens is 4. The summed E-state index contributed by atoms with van der Waals surface area (Å²) >= 11 is 0. The molecule has 0 aliphatic rings. The Morgan fingerprint density at radius 1 is 0.974 bits per heavy atom. The molecule has 0 saturated carbocycles. The van der Waals surface area contributed by atoms with Crippen LogP contribution in [0.1, 0.15) is 42.7 Å². The first-order valence-corrected chi connectivity index (χ1v) is 12.4. The molecule has 0 aliphatic carbocycles. The van der Waals surface area contributed by atoms with Gasteiger partial charge in [0, 0.05) is 36.3 Å². The average molecular weight is 511 g/mol. The Morgan fingerprint density at radius 2 is 1.71 bits per heavy atom. The minimum absolute atomic E-state index is 0.136. The Morgan fingerprint density at radius 3 is 2.42 bits per heavy atom. The number of anilines is 1. The number of nitrogens with zero attached hydrogens (tertiary/aromatic N) is 4. The molecule has 2 aromatic carbocycles. The van der Waals surface area contributed by atoms with Gasteiger partial charge in [-0.1, -0.05) is 32.0 Å². The summed E-state index contributed by atoms with van der Waals surface area (Å²) in [6.45, 7) is 5.59. The summed E-state index contributed by atoms with van der Waals surface area (Å²) in [4.78, 5) is 29.8. The number of ether oxygens (including phenoxy) is 1. The van der Waals surface area contributed by atoms with Gasteiger partial charge in [-0.25, -0.2) is 4.52 Å². The number of amides is 2. The van der Waals surface area contributed by atoms with E-state index in [2.05, 4.69) is 20.7 Å². The molecule has 38 heavy (non-hydrogen) atoms. The second kappa shape index (κ2) is 10.0. The van der Waals surface area contributed by atoms with E-state index in [-0.39, 0.29) is 29.7 Å². The van der Waals surface area contributed by atoms with Gasteiger partial charge in [0.15, 0.2) is 5.65 Å². The van der Waals surface area contributed by atoms with Crippen LogP contribution in [0.3, 0.4) is 0 Å². The first-order valence-electron chi connectivity index (χ1n) is 12.4. The highest BCUT2D eigenvalue weighted by molar-refractivity contribution is 6.08. The van der Waals surface area contributed by atoms with Crippen molar-refractivity contribution in [2.75, 3.05) is 12.4 Å². The number of hydrogen-bond donors (Lipinski definition) is 2. The summed E-state index contributed by atoms with van der Waals surface area (Å²) in [5.41, 5.74) is 5.03. The van der Waals surface area contributed by atoms with E-state index >= 15 is 0 Å². The first-order chi connectivity index (χ1) is 18.2. The SMILES string of the molecule is COc1ccc([C@@H](C)NC(=O)c2cn(C)c3ccc(-c4ccn5nc(NC(=O)C(C)C)nc5c4)cc23)cc1. The van der Waals surface area contributed by atoms with Gasteiger partial charge in [0.1, 0.15) is 5.75 Å². The average Bonchev–Trinajstić information content (AvgIpc) is 3.47. The van der Waals surface area contributed by atoms with Crippen molar-refractivity contribution in [3.05, 3.63) is 78.1 Å². The summed E-state index contributed by atoms with van der Waals surface area (Å²) in [6, 6.07) is 17.4. The highest BCUT2D eigenvalue weighted by Crippen LogP contribution is 2.29. The monoisotopic (exact) mass is 510 g/mol. The van der Waals surface area contributed by atoms with E-state index in [1.807, 2.05) is 99.4 Å². The zero-order valence-corrected chi connectivity index (χ0v) is 22.0. The van der Waals surface area contributed by atoms with Crippen LogP contribution in [0.5, 0.6) is 5.75 Å². The largest absolute Gasteiger partial charge is 0.497 e. The van der Waals surface area contributed by atoms with Crippen molar-refractivity contribution in [3.8, 4) is 16.9 Å². The van der Waals surface area contributed by atoms with Crippen LogP contribution in [0, 0.1) is 5.92 Å². The van der Waals surface area contributed by atoms with E-state index in [1.54, 1.807) is 11.6 Å². The van der Waals surface area contributed by atoms with Crippen LogP contribution in [0.25, 0.3) is 27.7 Å². The van der Waals surface area contributed by atoms with E-state index in [1.165, 1.54) is 0 Å². The van der Waals surface area contributed by atoms with E-state index in [0.717, 1.165) is 33.3 Å². The molecule has 5 aromatic rings. The number of rotatable bonds is 7. The molecule has 2 amide bonds. The Hall–Kier alpha value is -4.66. The molecular weight excluding hydrogens is 480 g/mol. The number of carbonyl (C=O) groups is 2. The molecule has 2 N–H and O–H groups in total. The van der Waals surface area contributed by atoms with Gasteiger partial charge in [-0.3, -0.25) is 14.9 Å². The van der Waals surface area contributed by atoms with Crippen molar-refractivity contribution in [1.82, 2.24) is 24.5 Å². The van der Waals surface area contributed by atoms with Gasteiger partial charge < -0.3 is 14.6 Å². The van der Waals surface area contributed by atoms with Crippen LogP contribution >= 0.6 is 0 Å². The van der Waals surface area contributed by atoms with Gasteiger partial charge in [0.05, 0.1) is 18.7 Å². The lowest BCUT2D eigenvalue weighted by molar-refractivity contribution is -0.118. The van der Waals surface area contributed by atoms with E-state index in [4.69, 9.17) is 4.74 Å². The number of aryl methyl sites for hydroxylation is 1. The van der Waals surface area contributed by atoms with Crippen LogP contribution in [-0.4, -0.2) is 38.1 Å². The fourth-order valence-corrected chi connectivity index (χ4v) is 4.37. The molecule has 0 fully saturated rings. The second-order valence-corrected chi connectivity index (χ2v) is 9.65. The first kappa shape index (κ1) is 25.0. The second-order valence-electron chi connectivity index (χ2n) is 9.65. The van der Waals surface area contributed by atoms with E-state index < -0.39 is 0 Å². The van der Waals surface area contributed by atoms with Crippen molar-refractivity contribution in [3.63, 3.8) is 0 Å². The minimum Gasteiger partial charge on any atom is -0.497 e. The summed E-state index contributed by atoms with van der Waals surface area (Å²) in [5, 5.41) is 11.0.